The molecule has 0 bridgehead atoms. The van der Waals surface area contributed by atoms with E-state index in [0.717, 1.165) is 0 Å². The van der Waals surface area contributed by atoms with Crippen LogP contribution in [0.1, 0.15) is 62.6 Å². The van der Waals surface area contributed by atoms with E-state index >= 15 is 0 Å². The molecule has 6 rings (SSSR count). The number of hydrogen-bond donors (Lipinski definition) is 1. The molecule has 3 fully saturated rings. The fourth-order valence-electron chi connectivity index (χ4n) is 6.70. The Morgan fingerprint density at radius 1 is 1.14 bits per heavy atom. The summed E-state index contributed by atoms with van der Waals surface area (Å²) < 4.78 is 48.6. The second-order valence-corrected chi connectivity index (χ2v) is 13.4. The Labute approximate surface area is 251 Å². The Bertz CT molecular complexity index is 1700. The molecule has 1 saturated heterocycles. The van der Waals surface area contributed by atoms with Crippen molar-refractivity contribution in [3.05, 3.63) is 63.9 Å². The number of nitrogens with zero attached hydrogens (tertiary/aromatic N) is 4. The van der Waals surface area contributed by atoms with Crippen LogP contribution in [0.3, 0.4) is 0 Å². The lowest BCUT2D eigenvalue weighted by atomic mass is 9.69. The van der Waals surface area contributed by atoms with Crippen LogP contribution in [0.25, 0.3) is 27.2 Å². The van der Waals surface area contributed by atoms with E-state index in [2.05, 4.69) is 9.83 Å². The van der Waals surface area contributed by atoms with Crippen LogP contribution in [-0.4, -0.2) is 68.4 Å². The third kappa shape index (κ3) is 5.04. The SMILES string of the molecule is [C-]#[N+]C1(c2cc(-c3ccc(Cl)c(F)c3)nc3cc(C(=O)N4CCN(C(=O)C5CC(C)(O)C5)CC4(C)C)oc23)CC(F)(F)C1. The molecule has 1 N–H and O–H groups in total. The van der Waals surface area contributed by atoms with Crippen LogP contribution in [0.5, 0.6) is 0 Å². The number of piperazine rings is 1. The maximum atomic E-state index is 14.3. The van der Waals surface area contributed by atoms with E-state index in [4.69, 9.17) is 22.6 Å². The summed E-state index contributed by atoms with van der Waals surface area (Å²) in [6.45, 7) is 14.0. The van der Waals surface area contributed by atoms with Crippen LogP contribution in [0, 0.1) is 18.3 Å². The third-order valence-electron chi connectivity index (χ3n) is 8.90. The number of halogens is 4. The van der Waals surface area contributed by atoms with Gasteiger partial charge >= 0.3 is 0 Å². The van der Waals surface area contributed by atoms with Crippen molar-refractivity contribution in [3.8, 4) is 11.3 Å². The molecule has 3 aliphatic rings. The fourth-order valence-corrected chi connectivity index (χ4v) is 6.81. The molecule has 1 aliphatic heterocycles. The van der Waals surface area contributed by atoms with Crippen molar-refractivity contribution < 1.29 is 32.3 Å². The highest BCUT2D eigenvalue weighted by Gasteiger charge is 2.65. The lowest BCUT2D eigenvalue weighted by Crippen LogP contribution is -2.63. The number of aliphatic hydroxyl groups is 1. The largest absolute Gasteiger partial charge is 0.449 e. The molecule has 0 radical (unpaired) electrons. The van der Waals surface area contributed by atoms with Crippen LogP contribution in [0.2, 0.25) is 5.02 Å². The predicted molar refractivity (Wildman–Crippen MR) is 152 cm³/mol. The Morgan fingerprint density at radius 3 is 2.42 bits per heavy atom. The molecule has 2 aromatic heterocycles. The summed E-state index contributed by atoms with van der Waals surface area (Å²) >= 11 is 5.84. The first-order valence-electron chi connectivity index (χ1n) is 14.0. The number of benzene rings is 1. The van der Waals surface area contributed by atoms with Gasteiger partial charge in [-0.05, 0) is 51.8 Å². The van der Waals surface area contributed by atoms with E-state index in [9.17, 15) is 27.9 Å². The van der Waals surface area contributed by atoms with Crippen LogP contribution >= 0.6 is 11.6 Å². The second kappa shape index (κ2) is 9.69. The molecule has 226 valence electrons. The van der Waals surface area contributed by atoms with Crippen LogP contribution in [0.4, 0.5) is 13.2 Å². The number of fused-ring (bicyclic) bond motifs is 1. The number of aromatic nitrogens is 1. The van der Waals surface area contributed by atoms with Crippen molar-refractivity contribution in [1.82, 2.24) is 14.8 Å². The lowest BCUT2D eigenvalue weighted by molar-refractivity contribution is -0.153. The first-order chi connectivity index (χ1) is 20.0. The number of rotatable bonds is 4. The van der Waals surface area contributed by atoms with E-state index in [1.54, 1.807) is 16.7 Å². The van der Waals surface area contributed by atoms with Gasteiger partial charge in [-0.25, -0.2) is 24.7 Å². The first kappa shape index (κ1) is 29.5. The summed E-state index contributed by atoms with van der Waals surface area (Å²) in [7, 11) is 0. The van der Waals surface area contributed by atoms with Gasteiger partial charge in [-0.3, -0.25) is 9.59 Å². The van der Waals surface area contributed by atoms with E-state index in [1.807, 2.05) is 13.8 Å². The van der Waals surface area contributed by atoms with Gasteiger partial charge in [0.05, 0.1) is 40.3 Å². The molecule has 2 saturated carbocycles. The van der Waals surface area contributed by atoms with Crippen LogP contribution in [-0.2, 0) is 10.3 Å². The summed E-state index contributed by atoms with van der Waals surface area (Å²) in [5, 5.41) is 9.96. The molecular formula is C31H30ClF3N4O4. The topological polar surface area (TPSA) is 91.2 Å². The second-order valence-electron chi connectivity index (χ2n) is 13.0. The number of furan rings is 1. The number of hydrogen-bond acceptors (Lipinski definition) is 5. The Morgan fingerprint density at radius 2 is 1.84 bits per heavy atom. The highest BCUT2D eigenvalue weighted by Crippen LogP contribution is 2.56. The molecular weight excluding hydrogens is 585 g/mol. The van der Waals surface area contributed by atoms with Crippen molar-refractivity contribution in [1.29, 1.82) is 0 Å². The third-order valence-corrected chi connectivity index (χ3v) is 9.21. The molecule has 0 unspecified atom stereocenters. The number of alkyl halides is 2. The Hall–Kier alpha value is -3.62. The van der Waals surface area contributed by atoms with Crippen molar-refractivity contribution in [2.75, 3.05) is 19.6 Å². The smallest absolute Gasteiger partial charge is 0.290 e. The molecule has 43 heavy (non-hydrogen) atoms. The molecule has 2 amide bonds. The van der Waals surface area contributed by atoms with E-state index in [0.29, 0.717) is 24.9 Å². The summed E-state index contributed by atoms with van der Waals surface area (Å²) in [5.41, 5.74) is -2.27. The number of carbonyl (C=O) groups excluding carboxylic acids is 2. The standard InChI is InChI=1S/C31H30ClF3N4O4/c1-28(2)16-38(26(40)18-12-29(3,42)13-18)7-8-39(28)27(41)24-11-23-25(43-24)19(30(36-4)14-31(34,35)15-30)10-22(37-23)17-5-6-20(32)21(33)9-17/h5-6,9-11,18,42H,7-8,12-16H2,1-3H3. The lowest BCUT2D eigenvalue weighted by Gasteiger charge is -2.49. The summed E-state index contributed by atoms with van der Waals surface area (Å²) in [4.78, 5) is 38.3. The number of carbonyl (C=O) groups is 2. The minimum Gasteiger partial charge on any atom is -0.449 e. The van der Waals surface area contributed by atoms with Gasteiger partial charge in [0.15, 0.2) is 11.3 Å². The number of pyridine rings is 1. The number of amides is 2. The average Bonchev–Trinajstić information content (AvgIpc) is 3.34. The highest BCUT2D eigenvalue weighted by atomic mass is 35.5. The Balaban J connectivity index is 1.34. The zero-order valence-corrected chi connectivity index (χ0v) is 24.6. The Kier molecular flexibility index (Phi) is 6.64. The van der Waals surface area contributed by atoms with Gasteiger partial charge in [-0.2, -0.15) is 0 Å². The molecule has 1 aromatic carbocycles. The summed E-state index contributed by atoms with van der Waals surface area (Å²) in [6, 6.07) is 6.91. The molecule has 0 spiro atoms. The molecule has 3 aromatic rings. The van der Waals surface area contributed by atoms with Crippen molar-refractivity contribution in [2.45, 2.75) is 69.1 Å². The summed E-state index contributed by atoms with van der Waals surface area (Å²) in [6.07, 6.45) is -0.633. The fraction of sp³-hybridized carbons (Fsp3) is 0.484. The van der Waals surface area contributed by atoms with Gasteiger partial charge in [0.2, 0.25) is 5.91 Å². The molecule has 8 nitrogen and oxygen atoms in total. The molecule has 3 heterocycles. The highest BCUT2D eigenvalue weighted by molar-refractivity contribution is 6.30. The van der Waals surface area contributed by atoms with E-state index < -0.39 is 47.2 Å². The molecule has 2 aliphatic carbocycles. The van der Waals surface area contributed by atoms with Gasteiger partial charge < -0.3 is 24.2 Å². The van der Waals surface area contributed by atoms with E-state index in [-0.39, 0.29) is 58.1 Å². The zero-order chi connectivity index (χ0) is 31.1. The average molecular weight is 615 g/mol. The van der Waals surface area contributed by atoms with E-state index in [1.165, 1.54) is 30.3 Å². The minimum atomic E-state index is -3.03. The van der Waals surface area contributed by atoms with Gasteiger partial charge in [0, 0.05) is 37.2 Å². The zero-order valence-electron chi connectivity index (χ0n) is 23.9. The molecule has 12 heteroatoms. The van der Waals surface area contributed by atoms with Gasteiger partial charge in [0.25, 0.3) is 17.4 Å². The van der Waals surface area contributed by atoms with Crippen molar-refractivity contribution >= 4 is 34.5 Å². The van der Waals surface area contributed by atoms with Gasteiger partial charge in [-0.15, -0.1) is 0 Å². The minimum absolute atomic E-state index is 0.0443. The van der Waals surface area contributed by atoms with Gasteiger partial charge in [-0.1, -0.05) is 17.7 Å². The normalized spacial score (nSPS) is 25.5. The maximum Gasteiger partial charge on any atom is 0.290 e. The monoisotopic (exact) mass is 614 g/mol. The molecule has 0 atom stereocenters. The maximum absolute atomic E-state index is 14.3. The predicted octanol–water partition coefficient (Wildman–Crippen LogP) is 6.05. The first-order valence-corrected chi connectivity index (χ1v) is 14.4. The van der Waals surface area contributed by atoms with Gasteiger partial charge in [0.1, 0.15) is 11.3 Å². The quantitative estimate of drug-likeness (QED) is 0.361. The summed E-state index contributed by atoms with van der Waals surface area (Å²) in [5.74, 6) is -4.57. The van der Waals surface area contributed by atoms with Crippen molar-refractivity contribution in [2.24, 2.45) is 5.92 Å². The van der Waals surface area contributed by atoms with Crippen molar-refractivity contribution in [3.63, 3.8) is 0 Å². The van der Waals surface area contributed by atoms with Crippen LogP contribution < -0.4 is 0 Å². The van der Waals surface area contributed by atoms with Crippen LogP contribution in [0.15, 0.2) is 34.7 Å².